The van der Waals surface area contributed by atoms with E-state index in [0.717, 1.165) is 42.9 Å². The predicted molar refractivity (Wildman–Crippen MR) is 91.3 cm³/mol. The first-order valence-corrected chi connectivity index (χ1v) is 8.72. The summed E-state index contributed by atoms with van der Waals surface area (Å²) >= 11 is 1.41. The van der Waals surface area contributed by atoms with Gasteiger partial charge >= 0.3 is 0 Å². The highest BCUT2D eigenvalue weighted by atomic mass is 32.1. The third-order valence-electron chi connectivity index (χ3n) is 4.00. The van der Waals surface area contributed by atoms with Crippen LogP contribution in [0.4, 0.5) is 5.00 Å². The van der Waals surface area contributed by atoms with Crippen molar-refractivity contribution in [2.45, 2.75) is 33.2 Å². The maximum absolute atomic E-state index is 12.3. The zero-order valence-corrected chi connectivity index (χ0v) is 14.5. The largest absolute Gasteiger partial charge is 0.365 e. The molecular weight excluding hydrogens is 328 g/mol. The van der Waals surface area contributed by atoms with E-state index in [9.17, 15) is 9.59 Å². The van der Waals surface area contributed by atoms with Crippen molar-refractivity contribution in [1.29, 1.82) is 0 Å². The number of amides is 2. The molecule has 1 aliphatic rings. The molecule has 3 rings (SSSR count). The van der Waals surface area contributed by atoms with E-state index in [4.69, 9.17) is 10.3 Å². The molecule has 3 heterocycles. The van der Waals surface area contributed by atoms with Crippen molar-refractivity contribution in [1.82, 2.24) is 10.1 Å². The Balaban J connectivity index is 1.88. The number of anilines is 1. The van der Waals surface area contributed by atoms with Gasteiger partial charge in [0, 0.05) is 24.0 Å². The average Bonchev–Trinajstić information content (AvgIpc) is 3.10. The van der Waals surface area contributed by atoms with E-state index in [0.29, 0.717) is 16.3 Å². The summed E-state index contributed by atoms with van der Waals surface area (Å²) in [5.41, 5.74) is 7.57. The quantitative estimate of drug-likeness (QED) is 0.862. The van der Waals surface area contributed by atoms with Gasteiger partial charge in [-0.2, -0.15) is 0 Å². The minimum Gasteiger partial charge on any atom is -0.365 e. The SMILES string of the molecule is CCCN1CCc2c(sc(NC(=O)c3cc(C)no3)c2C(N)=O)C1. The number of thiophene rings is 1. The maximum atomic E-state index is 12.3. The number of nitrogens with one attached hydrogen (secondary N) is 1. The van der Waals surface area contributed by atoms with E-state index in [2.05, 4.69) is 22.3 Å². The Hall–Kier alpha value is -2.19. The molecule has 0 saturated heterocycles. The van der Waals surface area contributed by atoms with Crippen molar-refractivity contribution in [3.63, 3.8) is 0 Å². The third-order valence-corrected chi connectivity index (χ3v) is 5.13. The van der Waals surface area contributed by atoms with Crippen LogP contribution < -0.4 is 11.1 Å². The van der Waals surface area contributed by atoms with E-state index in [1.165, 1.54) is 11.3 Å². The lowest BCUT2D eigenvalue weighted by molar-refractivity contribution is 0.0988. The second-order valence-electron chi connectivity index (χ2n) is 5.88. The number of fused-ring (bicyclic) bond motifs is 1. The zero-order valence-electron chi connectivity index (χ0n) is 13.7. The highest BCUT2D eigenvalue weighted by molar-refractivity contribution is 7.17. The molecule has 2 aromatic rings. The second kappa shape index (κ2) is 6.74. The number of rotatable bonds is 5. The molecular formula is C16H20N4O3S. The van der Waals surface area contributed by atoms with Gasteiger partial charge in [-0.25, -0.2) is 0 Å². The van der Waals surface area contributed by atoms with E-state index in [1.807, 2.05) is 0 Å². The number of nitrogens with zero attached hydrogens (tertiary/aromatic N) is 2. The van der Waals surface area contributed by atoms with E-state index in [1.54, 1.807) is 13.0 Å². The lowest BCUT2D eigenvalue weighted by atomic mass is 10.0. The normalized spacial score (nSPS) is 14.4. The summed E-state index contributed by atoms with van der Waals surface area (Å²) in [6, 6.07) is 1.55. The molecule has 128 valence electrons. The monoisotopic (exact) mass is 348 g/mol. The van der Waals surface area contributed by atoms with Crippen LogP contribution in [0.15, 0.2) is 10.6 Å². The van der Waals surface area contributed by atoms with Gasteiger partial charge < -0.3 is 15.6 Å². The zero-order chi connectivity index (χ0) is 17.3. The molecule has 3 N–H and O–H groups in total. The molecule has 0 radical (unpaired) electrons. The molecule has 0 bridgehead atoms. The first-order valence-electron chi connectivity index (χ1n) is 7.91. The summed E-state index contributed by atoms with van der Waals surface area (Å²) < 4.78 is 4.97. The summed E-state index contributed by atoms with van der Waals surface area (Å²) in [6.45, 7) is 6.57. The van der Waals surface area contributed by atoms with Crippen LogP contribution in [0.3, 0.4) is 0 Å². The van der Waals surface area contributed by atoms with Gasteiger partial charge in [0.2, 0.25) is 5.76 Å². The Kier molecular flexibility index (Phi) is 4.68. The number of aryl methyl sites for hydroxylation is 1. The molecule has 1 aliphatic heterocycles. The van der Waals surface area contributed by atoms with Gasteiger partial charge in [-0.15, -0.1) is 11.3 Å². The number of hydrogen-bond donors (Lipinski definition) is 2. The molecule has 0 fully saturated rings. The number of aromatic nitrogens is 1. The van der Waals surface area contributed by atoms with Gasteiger partial charge in [-0.1, -0.05) is 12.1 Å². The summed E-state index contributed by atoms with van der Waals surface area (Å²) in [5, 5.41) is 6.94. The Labute approximate surface area is 143 Å². The summed E-state index contributed by atoms with van der Waals surface area (Å²) in [6.07, 6.45) is 1.85. The van der Waals surface area contributed by atoms with Gasteiger partial charge in [0.25, 0.3) is 11.8 Å². The molecule has 0 unspecified atom stereocenters. The van der Waals surface area contributed by atoms with Crippen LogP contribution in [-0.4, -0.2) is 35.0 Å². The van der Waals surface area contributed by atoms with E-state index < -0.39 is 11.8 Å². The van der Waals surface area contributed by atoms with Crippen LogP contribution in [-0.2, 0) is 13.0 Å². The minimum absolute atomic E-state index is 0.113. The molecule has 8 heteroatoms. The highest BCUT2D eigenvalue weighted by Gasteiger charge is 2.28. The predicted octanol–water partition coefficient (Wildman–Crippen LogP) is 2.16. The number of carbonyl (C=O) groups is 2. The molecule has 0 aromatic carbocycles. The average molecular weight is 348 g/mol. The Bertz CT molecular complexity index is 780. The number of hydrogen-bond acceptors (Lipinski definition) is 6. The molecule has 0 atom stereocenters. The Morgan fingerprint density at radius 3 is 2.92 bits per heavy atom. The van der Waals surface area contributed by atoms with Gasteiger partial charge in [-0.3, -0.25) is 14.5 Å². The van der Waals surface area contributed by atoms with Crippen LogP contribution in [0.1, 0.15) is 50.4 Å². The third kappa shape index (κ3) is 3.20. The molecule has 7 nitrogen and oxygen atoms in total. The van der Waals surface area contributed by atoms with Crippen LogP contribution in [0.5, 0.6) is 0 Å². The first-order chi connectivity index (χ1) is 11.5. The van der Waals surface area contributed by atoms with Crippen molar-refractivity contribution in [2.24, 2.45) is 5.73 Å². The van der Waals surface area contributed by atoms with Gasteiger partial charge in [0.1, 0.15) is 5.00 Å². The second-order valence-corrected chi connectivity index (χ2v) is 6.99. The van der Waals surface area contributed by atoms with E-state index >= 15 is 0 Å². The fourth-order valence-electron chi connectivity index (χ4n) is 2.95. The topological polar surface area (TPSA) is 101 Å². The lowest BCUT2D eigenvalue weighted by Gasteiger charge is -2.26. The first kappa shape index (κ1) is 16.7. The van der Waals surface area contributed by atoms with Crippen molar-refractivity contribution in [2.75, 3.05) is 18.4 Å². The number of carbonyl (C=O) groups excluding carboxylic acids is 2. The van der Waals surface area contributed by atoms with Crippen LogP contribution in [0, 0.1) is 6.92 Å². The van der Waals surface area contributed by atoms with Crippen LogP contribution >= 0.6 is 11.3 Å². The highest BCUT2D eigenvalue weighted by Crippen LogP contribution is 2.37. The molecule has 0 aliphatic carbocycles. The van der Waals surface area contributed by atoms with Crippen LogP contribution in [0.25, 0.3) is 0 Å². The standard InChI is InChI=1S/C16H20N4O3S/c1-3-5-20-6-4-10-12(8-20)24-16(13(10)14(17)21)18-15(22)11-7-9(2)19-23-11/h7H,3-6,8H2,1-2H3,(H2,17,21)(H,18,22). The number of nitrogens with two attached hydrogens (primary N) is 1. The van der Waals surface area contributed by atoms with Gasteiger partial charge in [0.15, 0.2) is 0 Å². The van der Waals surface area contributed by atoms with Gasteiger partial charge in [0.05, 0.1) is 11.3 Å². The summed E-state index contributed by atoms with van der Waals surface area (Å²) in [5.74, 6) is -0.829. The minimum atomic E-state index is -0.513. The molecule has 24 heavy (non-hydrogen) atoms. The molecule has 2 aromatic heterocycles. The smallest absolute Gasteiger partial charge is 0.294 e. The summed E-state index contributed by atoms with van der Waals surface area (Å²) in [4.78, 5) is 27.6. The van der Waals surface area contributed by atoms with Crippen molar-refractivity contribution in [3.05, 3.63) is 33.5 Å². The van der Waals surface area contributed by atoms with Crippen molar-refractivity contribution < 1.29 is 14.1 Å². The molecule has 0 saturated carbocycles. The Morgan fingerprint density at radius 2 is 2.29 bits per heavy atom. The fraction of sp³-hybridized carbons (Fsp3) is 0.438. The molecule has 0 spiro atoms. The Morgan fingerprint density at radius 1 is 1.50 bits per heavy atom. The number of primary amides is 1. The molecule has 2 amide bonds. The fourth-order valence-corrected chi connectivity index (χ4v) is 4.24. The summed E-state index contributed by atoms with van der Waals surface area (Å²) in [7, 11) is 0. The van der Waals surface area contributed by atoms with Crippen LogP contribution in [0.2, 0.25) is 0 Å². The van der Waals surface area contributed by atoms with Crippen molar-refractivity contribution >= 4 is 28.2 Å². The van der Waals surface area contributed by atoms with E-state index in [-0.39, 0.29) is 5.76 Å². The maximum Gasteiger partial charge on any atom is 0.294 e. The lowest BCUT2D eigenvalue weighted by Crippen LogP contribution is -2.31. The van der Waals surface area contributed by atoms with Crippen molar-refractivity contribution in [3.8, 4) is 0 Å². The van der Waals surface area contributed by atoms with Gasteiger partial charge in [-0.05, 0) is 31.9 Å².